The summed E-state index contributed by atoms with van der Waals surface area (Å²) in [6.45, 7) is 32.6. The van der Waals surface area contributed by atoms with Crippen LogP contribution < -0.4 is 0 Å². The minimum atomic E-state index is -0.590. The van der Waals surface area contributed by atoms with Crippen LogP contribution in [-0.2, 0) is 98.7 Å². The zero-order valence-corrected chi connectivity index (χ0v) is 64.2. The molecular weight excluding hydrogens is 1310 g/mol. The van der Waals surface area contributed by atoms with Gasteiger partial charge in [0.25, 0.3) is 0 Å². The lowest BCUT2D eigenvalue weighted by Crippen LogP contribution is -2.41. The molecule has 4 saturated carbocycles. The number of ether oxygens (including phenoxy) is 8. The predicted molar refractivity (Wildman–Crippen MR) is 406 cm³/mol. The molecule has 8 rings (SSSR count). The number of hydrogen-bond donors (Lipinski definition) is 0. The molecule has 0 amide bonds. The summed E-state index contributed by atoms with van der Waals surface area (Å²) >= 11 is 0. The highest BCUT2D eigenvalue weighted by Crippen LogP contribution is 2.48. The largest absolute Gasteiger partial charge is 0.458 e. The third-order valence-electron chi connectivity index (χ3n) is 20.5. The van der Waals surface area contributed by atoms with Gasteiger partial charge in [0.1, 0.15) is 46.8 Å². The summed E-state index contributed by atoms with van der Waals surface area (Å²) in [5.74, 6) is -2.59. The third-order valence-corrected chi connectivity index (χ3v) is 20.5. The summed E-state index contributed by atoms with van der Waals surface area (Å²) in [7, 11) is 0. The zero-order valence-electron chi connectivity index (χ0n) is 64.2. The van der Waals surface area contributed by atoms with E-state index in [2.05, 4.69) is 40.2 Å². The minimum absolute atomic E-state index is 0.0663. The Morgan fingerprint density at radius 1 is 0.327 bits per heavy atom. The van der Waals surface area contributed by atoms with Crippen molar-refractivity contribution in [3.8, 4) is 0 Å². The number of benzene rings is 4. The number of carbonyl (C=O) groups excluding carboxylic acids is 8. The molecule has 4 aromatic carbocycles. The van der Waals surface area contributed by atoms with Gasteiger partial charge in [0.2, 0.25) is 0 Å². The van der Waals surface area contributed by atoms with E-state index in [1.54, 1.807) is 27.7 Å². The Hall–Kier alpha value is -8.40. The van der Waals surface area contributed by atoms with E-state index in [1.165, 1.54) is 32.1 Å². The first-order chi connectivity index (χ1) is 49.7. The van der Waals surface area contributed by atoms with Crippen molar-refractivity contribution in [2.24, 2.45) is 11.8 Å². The molecule has 0 N–H and O–H groups in total. The van der Waals surface area contributed by atoms with Crippen molar-refractivity contribution in [2.45, 2.75) is 296 Å². The average Bonchev–Trinajstić information content (AvgIpc) is 1.32. The molecule has 0 saturated heterocycles. The van der Waals surface area contributed by atoms with Gasteiger partial charge in [0.05, 0.1) is 25.7 Å². The molecule has 4 fully saturated rings. The second-order valence-corrected chi connectivity index (χ2v) is 28.9. The van der Waals surface area contributed by atoms with Crippen molar-refractivity contribution in [3.63, 3.8) is 0 Å². The van der Waals surface area contributed by atoms with Gasteiger partial charge in [0.15, 0.2) is 0 Å². The van der Waals surface area contributed by atoms with Crippen LogP contribution in [0.2, 0.25) is 0 Å². The monoisotopic (exact) mass is 1430 g/mol. The summed E-state index contributed by atoms with van der Waals surface area (Å²) in [5.41, 5.74) is 3.24. The van der Waals surface area contributed by atoms with E-state index in [0.717, 1.165) is 119 Å². The number of hydrogen-bond acceptors (Lipinski definition) is 16. The first-order valence-corrected chi connectivity index (χ1v) is 38.3. The fraction of sp³-hybridized carbons (Fsp3) is 0.545. The van der Waals surface area contributed by atoms with E-state index in [0.29, 0.717) is 48.0 Å². The van der Waals surface area contributed by atoms with Crippen LogP contribution in [-0.4, -0.2) is 72.2 Å². The summed E-state index contributed by atoms with van der Waals surface area (Å²) < 4.78 is 45.7. The molecule has 0 aromatic heterocycles. The smallest absolute Gasteiger partial charge is 0.333 e. The van der Waals surface area contributed by atoms with Crippen molar-refractivity contribution in [2.75, 3.05) is 0 Å². The molecule has 4 aromatic rings. The van der Waals surface area contributed by atoms with E-state index >= 15 is 0 Å². The van der Waals surface area contributed by atoms with Gasteiger partial charge in [-0.3, -0.25) is 19.2 Å². The molecule has 4 aliphatic carbocycles. The molecular formula is C88H120O16. The van der Waals surface area contributed by atoms with Crippen molar-refractivity contribution < 1.29 is 76.3 Å². The van der Waals surface area contributed by atoms with Crippen molar-refractivity contribution in [1.29, 1.82) is 0 Å². The van der Waals surface area contributed by atoms with Crippen LogP contribution in [0.4, 0.5) is 0 Å². The summed E-state index contributed by atoms with van der Waals surface area (Å²) in [6.07, 6.45) is 21.0. The minimum Gasteiger partial charge on any atom is -0.458 e. The Balaban J connectivity index is 0.000000249. The summed E-state index contributed by atoms with van der Waals surface area (Å²) in [4.78, 5) is 97.8. The molecule has 0 spiro atoms. The van der Waals surface area contributed by atoms with Gasteiger partial charge >= 0.3 is 47.8 Å². The third kappa shape index (κ3) is 26.6. The van der Waals surface area contributed by atoms with Crippen LogP contribution in [0.3, 0.4) is 0 Å². The highest BCUT2D eigenvalue weighted by atomic mass is 16.6. The van der Waals surface area contributed by atoms with Crippen LogP contribution in [0.25, 0.3) is 0 Å². The van der Waals surface area contributed by atoms with Gasteiger partial charge in [-0.05, 0) is 166 Å². The highest BCUT2D eigenvalue weighted by molar-refractivity contribution is 5.89. The quantitative estimate of drug-likeness (QED) is 0.0224. The summed E-state index contributed by atoms with van der Waals surface area (Å²) in [6, 6.07) is 40.0. The number of carbonyl (C=O) groups is 8. The molecule has 4 aliphatic rings. The first kappa shape index (κ1) is 86.2. The fourth-order valence-corrected chi connectivity index (χ4v) is 14.2. The molecule has 0 radical (unpaired) electrons. The molecule has 568 valence electrons. The topological polar surface area (TPSA) is 210 Å². The van der Waals surface area contributed by atoms with Gasteiger partial charge in [-0.25, -0.2) is 19.2 Å². The van der Waals surface area contributed by atoms with E-state index in [4.69, 9.17) is 37.9 Å². The lowest BCUT2D eigenvalue weighted by atomic mass is 9.72. The Kier molecular flexibility index (Phi) is 36.3. The van der Waals surface area contributed by atoms with Crippen molar-refractivity contribution in [1.82, 2.24) is 0 Å². The van der Waals surface area contributed by atoms with Gasteiger partial charge in [-0.15, -0.1) is 0 Å². The summed E-state index contributed by atoms with van der Waals surface area (Å²) in [5, 5.41) is 0. The number of rotatable bonds is 28. The Morgan fingerprint density at radius 3 is 0.808 bits per heavy atom. The average molecular weight is 1430 g/mol. The molecule has 16 heteroatoms. The zero-order chi connectivity index (χ0) is 76.3. The van der Waals surface area contributed by atoms with E-state index < -0.39 is 70.7 Å². The second kappa shape index (κ2) is 43.8. The van der Waals surface area contributed by atoms with Crippen LogP contribution in [0, 0.1) is 11.8 Å². The van der Waals surface area contributed by atoms with Gasteiger partial charge in [-0.1, -0.05) is 228 Å². The molecule has 0 aliphatic heterocycles. The Labute approximate surface area is 620 Å². The SMILES string of the molecule is C=C(C)C(=O)OC(CC)CC(=O)OC1(c2ccccc2)CCCC1C.C=C(C)C(=O)OC(CC)CC(=O)OC1(c2ccccc2)CCCCC1C.C=C(C)C(=O)OC(CC)CC(=O)OC1(c2ccccc2)CCCCCC1.C=C(C)C(=O)OC(CC)CC(=O)OC1(c2ccccc2)CCCCCCC1. The van der Waals surface area contributed by atoms with Crippen molar-refractivity contribution in [3.05, 3.63) is 192 Å². The van der Waals surface area contributed by atoms with Gasteiger partial charge < -0.3 is 37.9 Å². The first-order valence-electron chi connectivity index (χ1n) is 38.3. The Bertz CT molecular complexity index is 3400. The Morgan fingerprint density at radius 2 is 0.558 bits per heavy atom. The lowest BCUT2D eigenvalue weighted by Gasteiger charge is -2.42. The maximum atomic E-state index is 12.8. The van der Waals surface area contributed by atoms with E-state index in [9.17, 15) is 38.4 Å². The molecule has 16 nitrogen and oxygen atoms in total. The maximum absolute atomic E-state index is 12.8. The van der Waals surface area contributed by atoms with E-state index in [-0.39, 0.29) is 61.4 Å². The van der Waals surface area contributed by atoms with Gasteiger partial charge in [0, 0.05) is 34.1 Å². The molecule has 104 heavy (non-hydrogen) atoms. The van der Waals surface area contributed by atoms with Crippen molar-refractivity contribution >= 4 is 47.8 Å². The second-order valence-electron chi connectivity index (χ2n) is 28.9. The highest BCUT2D eigenvalue weighted by Gasteiger charge is 2.47. The van der Waals surface area contributed by atoms with Crippen LogP contribution in [0.15, 0.2) is 170 Å². The molecule has 8 atom stereocenters. The normalized spacial score (nSPS) is 20.7. The molecule has 0 heterocycles. The lowest BCUT2D eigenvalue weighted by molar-refractivity contribution is -0.176. The van der Waals surface area contributed by atoms with E-state index in [1.807, 2.05) is 149 Å². The van der Waals surface area contributed by atoms with Crippen LogP contribution >= 0.6 is 0 Å². The number of esters is 8. The maximum Gasteiger partial charge on any atom is 0.333 e. The molecule has 8 unspecified atom stereocenters. The fourth-order valence-electron chi connectivity index (χ4n) is 14.2. The predicted octanol–water partition coefficient (Wildman–Crippen LogP) is 20.0. The van der Waals surface area contributed by atoms with Crippen LogP contribution in [0.1, 0.15) is 271 Å². The van der Waals surface area contributed by atoms with Gasteiger partial charge in [-0.2, -0.15) is 0 Å². The molecule has 0 bridgehead atoms. The van der Waals surface area contributed by atoms with Crippen LogP contribution in [0.5, 0.6) is 0 Å². The standard InChI is InChI=1S/C23H32O4.2C22H30O4.C21H28O4/c1-4-20(26-22(25)18(2)3)17-21(24)27-23(19-13-9-8-10-14-19)15-11-6-5-7-12-16-23;1-5-19(25-21(24)16(2)3)15-20(23)26-22(14-10-9-11-17(22)4)18-12-7-6-8-13-18;1-4-19(25-21(24)17(2)3)16-20(23)26-22(14-10-5-6-11-15-22)18-12-8-7-9-13-18;1-5-18(24-20(23)15(2)3)14-19(22)25-21(13-9-10-16(21)4)17-11-7-6-8-12-17/h8-10,13-14,20H,2,4-7,11-12,15-17H2,1,3H3;6-8,12-13,17,19H,2,5,9-11,14-15H2,1,3-4H3;7-9,12-13,19H,2,4-6,10-11,14-16H2,1,3H3;6-8,11-12,16,18H,2,5,9-10,13-14H2,1,3-4H3.